The van der Waals surface area contributed by atoms with Crippen molar-refractivity contribution >= 4 is 5.91 Å². The second kappa shape index (κ2) is 7.25. The highest BCUT2D eigenvalue weighted by Gasteiger charge is 2.30. The van der Waals surface area contributed by atoms with E-state index in [9.17, 15) is 9.90 Å². The predicted octanol–water partition coefficient (Wildman–Crippen LogP) is 1.56. The van der Waals surface area contributed by atoms with Crippen LogP contribution in [0.2, 0.25) is 0 Å². The van der Waals surface area contributed by atoms with Crippen molar-refractivity contribution in [3.8, 4) is 0 Å². The Kier molecular flexibility index (Phi) is 5.64. The van der Waals surface area contributed by atoms with E-state index < -0.39 is 0 Å². The molecule has 0 aliphatic heterocycles. The van der Waals surface area contributed by atoms with E-state index >= 15 is 0 Å². The number of hydrogen-bond donors (Lipinski definition) is 3. The highest BCUT2D eigenvalue weighted by molar-refractivity contribution is 5.79. The lowest BCUT2D eigenvalue weighted by Gasteiger charge is -2.32. The lowest BCUT2D eigenvalue weighted by Crippen LogP contribution is -2.47. The molecule has 4 unspecified atom stereocenters. The number of nitrogens with two attached hydrogens (primary N) is 1. The first-order valence-electron chi connectivity index (χ1n) is 7.89. The van der Waals surface area contributed by atoms with E-state index in [2.05, 4.69) is 5.32 Å². The minimum Gasteiger partial charge on any atom is -0.391 e. The van der Waals surface area contributed by atoms with E-state index in [1.165, 1.54) is 6.42 Å². The average Bonchev–Trinajstić information content (AvgIpc) is 2.42. The molecule has 4 atom stereocenters. The molecule has 0 bridgehead atoms. The van der Waals surface area contributed by atoms with Gasteiger partial charge in [0, 0.05) is 5.92 Å². The van der Waals surface area contributed by atoms with Gasteiger partial charge in [-0.25, -0.2) is 0 Å². The Morgan fingerprint density at radius 1 is 1.16 bits per heavy atom. The van der Waals surface area contributed by atoms with Gasteiger partial charge >= 0.3 is 0 Å². The number of hydrogen-bond acceptors (Lipinski definition) is 3. The Balaban J connectivity index is 1.81. The molecule has 2 aliphatic rings. The third kappa shape index (κ3) is 4.18. The van der Waals surface area contributed by atoms with Crippen LogP contribution in [0.15, 0.2) is 0 Å². The summed E-state index contributed by atoms with van der Waals surface area (Å²) in [4.78, 5) is 12.3. The van der Waals surface area contributed by atoms with Gasteiger partial charge < -0.3 is 16.2 Å². The van der Waals surface area contributed by atoms with Crippen molar-refractivity contribution in [3.63, 3.8) is 0 Å². The summed E-state index contributed by atoms with van der Waals surface area (Å²) in [5.41, 5.74) is 5.61. The molecule has 2 rings (SSSR count). The van der Waals surface area contributed by atoms with Crippen LogP contribution >= 0.6 is 0 Å². The maximum absolute atomic E-state index is 12.3. The summed E-state index contributed by atoms with van der Waals surface area (Å²) in [6.07, 6.45) is 8.96. The molecular weight excluding hydrogens is 240 g/mol. The van der Waals surface area contributed by atoms with E-state index in [0.29, 0.717) is 5.92 Å². The van der Waals surface area contributed by atoms with Crippen molar-refractivity contribution in [1.82, 2.24) is 5.32 Å². The largest absolute Gasteiger partial charge is 0.391 e. The molecule has 4 nitrogen and oxygen atoms in total. The summed E-state index contributed by atoms with van der Waals surface area (Å²) in [7, 11) is 0. The fourth-order valence-corrected chi connectivity index (χ4v) is 3.61. The lowest BCUT2D eigenvalue weighted by molar-refractivity contribution is -0.128. The fraction of sp³-hybridized carbons (Fsp3) is 0.933. The summed E-state index contributed by atoms with van der Waals surface area (Å²) in [6.45, 7) is 0.723. The van der Waals surface area contributed by atoms with Gasteiger partial charge in [0.25, 0.3) is 0 Å². The highest BCUT2D eigenvalue weighted by Crippen LogP contribution is 2.31. The van der Waals surface area contributed by atoms with Crippen molar-refractivity contribution in [2.75, 3.05) is 6.54 Å². The van der Waals surface area contributed by atoms with Gasteiger partial charge in [0.2, 0.25) is 5.91 Å². The van der Waals surface area contributed by atoms with Crippen LogP contribution in [0.4, 0.5) is 0 Å². The standard InChI is InChI=1S/C15H28N2O2/c16-9-8-11-4-3-5-12(10-11)15(19)17-13-6-1-2-7-14(13)18/h11-14,18H,1-10,16H2,(H,17,19). The van der Waals surface area contributed by atoms with Crippen molar-refractivity contribution in [1.29, 1.82) is 0 Å². The van der Waals surface area contributed by atoms with Gasteiger partial charge in [-0.05, 0) is 44.6 Å². The molecule has 0 radical (unpaired) electrons. The first-order valence-corrected chi connectivity index (χ1v) is 7.89. The van der Waals surface area contributed by atoms with Crippen LogP contribution in [0.25, 0.3) is 0 Å². The van der Waals surface area contributed by atoms with Gasteiger partial charge in [0.05, 0.1) is 12.1 Å². The normalized spacial score (nSPS) is 35.9. The molecule has 1 amide bonds. The van der Waals surface area contributed by atoms with E-state index in [4.69, 9.17) is 5.73 Å². The number of carbonyl (C=O) groups is 1. The van der Waals surface area contributed by atoms with E-state index in [1.54, 1.807) is 0 Å². The fourth-order valence-electron chi connectivity index (χ4n) is 3.61. The maximum Gasteiger partial charge on any atom is 0.223 e. The van der Waals surface area contributed by atoms with Gasteiger partial charge in [-0.2, -0.15) is 0 Å². The molecule has 2 saturated carbocycles. The summed E-state index contributed by atoms with van der Waals surface area (Å²) in [6, 6.07) is -0.0175. The van der Waals surface area contributed by atoms with E-state index in [0.717, 1.165) is 57.9 Å². The number of nitrogens with one attached hydrogen (secondary N) is 1. The quantitative estimate of drug-likeness (QED) is 0.724. The van der Waals surface area contributed by atoms with E-state index in [-0.39, 0.29) is 24.0 Å². The van der Waals surface area contributed by atoms with Gasteiger partial charge in [-0.3, -0.25) is 4.79 Å². The van der Waals surface area contributed by atoms with Crippen LogP contribution in [0.5, 0.6) is 0 Å². The van der Waals surface area contributed by atoms with Crippen LogP contribution in [0.3, 0.4) is 0 Å². The zero-order chi connectivity index (χ0) is 13.7. The van der Waals surface area contributed by atoms with Crippen LogP contribution < -0.4 is 11.1 Å². The summed E-state index contributed by atoms with van der Waals surface area (Å²) in [5.74, 6) is 0.915. The van der Waals surface area contributed by atoms with Crippen molar-refractivity contribution in [2.45, 2.75) is 69.9 Å². The summed E-state index contributed by atoms with van der Waals surface area (Å²) in [5, 5.41) is 13.0. The molecule has 0 aromatic carbocycles. The molecule has 2 fully saturated rings. The number of amides is 1. The minimum absolute atomic E-state index is 0.0175. The molecule has 0 aromatic rings. The van der Waals surface area contributed by atoms with Gasteiger partial charge in [0.1, 0.15) is 0 Å². The molecule has 4 N–H and O–H groups in total. The average molecular weight is 268 g/mol. The number of rotatable bonds is 4. The second-order valence-corrected chi connectivity index (χ2v) is 6.27. The molecule has 0 saturated heterocycles. The topological polar surface area (TPSA) is 75.4 Å². The van der Waals surface area contributed by atoms with Gasteiger partial charge in [-0.15, -0.1) is 0 Å². The SMILES string of the molecule is NCCC1CCCC(C(=O)NC2CCCCC2O)C1. The monoisotopic (exact) mass is 268 g/mol. The van der Waals surface area contributed by atoms with Crippen LogP contribution in [-0.2, 0) is 4.79 Å². The highest BCUT2D eigenvalue weighted by atomic mass is 16.3. The van der Waals surface area contributed by atoms with Gasteiger partial charge in [0.15, 0.2) is 0 Å². The molecular formula is C15H28N2O2. The third-order valence-electron chi connectivity index (χ3n) is 4.79. The molecule has 4 heteroatoms. The Morgan fingerprint density at radius 3 is 2.68 bits per heavy atom. The van der Waals surface area contributed by atoms with Crippen LogP contribution in [0, 0.1) is 11.8 Å². The predicted molar refractivity (Wildman–Crippen MR) is 75.5 cm³/mol. The minimum atomic E-state index is -0.346. The molecule has 0 aromatic heterocycles. The first kappa shape index (κ1) is 14.8. The number of aliphatic hydroxyl groups excluding tert-OH is 1. The Morgan fingerprint density at radius 2 is 1.95 bits per heavy atom. The van der Waals surface area contributed by atoms with E-state index in [1.807, 2.05) is 0 Å². The number of carbonyl (C=O) groups excluding carboxylic acids is 1. The third-order valence-corrected chi connectivity index (χ3v) is 4.79. The molecule has 2 aliphatic carbocycles. The van der Waals surface area contributed by atoms with Crippen molar-refractivity contribution in [2.24, 2.45) is 17.6 Å². The Bertz CT molecular complexity index is 294. The molecule has 19 heavy (non-hydrogen) atoms. The summed E-state index contributed by atoms with van der Waals surface area (Å²) < 4.78 is 0. The zero-order valence-corrected chi connectivity index (χ0v) is 11.8. The molecule has 0 spiro atoms. The zero-order valence-electron chi connectivity index (χ0n) is 11.8. The first-order chi connectivity index (χ1) is 9.20. The van der Waals surface area contributed by atoms with Crippen LogP contribution in [-0.4, -0.2) is 29.7 Å². The molecule has 110 valence electrons. The van der Waals surface area contributed by atoms with Crippen LogP contribution in [0.1, 0.15) is 57.8 Å². The number of aliphatic hydroxyl groups is 1. The lowest BCUT2D eigenvalue weighted by atomic mass is 9.79. The Labute approximate surface area is 116 Å². The summed E-state index contributed by atoms with van der Waals surface area (Å²) >= 11 is 0. The van der Waals surface area contributed by atoms with Crippen molar-refractivity contribution < 1.29 is 9.90 Å². The maximum atomic E-state index is 12.3. The molecule has 0 heterocycles. The van der Waals surface area contributed by atoms with Crippen molar-refractivity contribution in [3.05, 3.63) is 0 Å². The smallest absolute Gasteiger partial charge is 0.223 e. The van der Waals surface area contributed by atoms with Gasteiger partial charge in [-0.1, -0.05) is 25.7 Å². The Hall–Kier alpha value is -0.610. The second-order valence-electron chi connectivity index (χ2n) is 6.27.